The number of ketones is 1. The summed E-state index contributed by atoms with van der Waals surface area (Å²) in [5.41, 5.74) is 0. The Hall–Kier alpha value is -0.900. The molecule has 2 unspecified atom stereocenters. The van der Waals surface area contributed by atoms with E-state index in [1.54, 1.807) is 0 Å². The Morgan fingerprint density at radius 1 is 1.17 bits per heavy atom. The van der Waals surface area contributed by atoms with Gasteiger partial charge in [-0.2, -0.15) is 0 Å². The van der Waals surface area contributed by atoms with Gasteiger partial charge in [0.2, 0.25) is 5.91 Å². The summed E-state index contributed by atoms with van der Waals surface area (Å²) in [6.45, 7) is 12.9. The minimum atomic E-state index is -0.367. The van der Waals surface area contributed by atoms with Crippen LogP contribution in [0.5, 0.6) is 0 Å². The fraction of sp³-hybridized carbons (Fsp3) is 0.857. The Morgan fingerprint density at radius 2 is 1.72 bits per heavy atom. The van der Waals surface area contributed by atoms with Crippen LogP contribution in [-0.2, 0) is 9.59 Å². The highest BCUT2D eigenvalue weighted by molar-refractivity contribution is 5.88. The molecule has 0 rings (SSSR count). The maximum Gasteiger partial charge on any atom is 0.234 e. The van der Waals surface area contributed by atoms with E-state index in [1.807, 2.05) is 20.8 Å². The molecule has 0 aromatic rings. The minimum Gasteiger partial charge on any atom is -0.345 e. The first-order valence-electron chi connectivity index (χ1n) is 6.87. The van der Waals surface area contributed by atoms with E-state index in [4.69, 9.17) is 0 Å². The molecule has 0 aromatic heterocycles. The van der Waals surface area contributed by atoms with Crippen LogP contribution >= 0.6 is 0 Å². The van der Waals surface area contributed by atoms with Crippen LogP contribution in [0.2, 0.25) is 0 Å². The second-order valence-electron chi connectivity index (χ2n) is 5.22. The number of likely N-dealkylation sites (N-methyl/N-ethyl adjacent to an activating group) is 1. The molecule has 0 spiro atoms. The van der Waals surface area contributed by atoms with Gasteiger partial charge in [0.05, 0.1) is 12.6 Å². The summed E-state index contributed by atoms with van der Waals surface area (Å²) >= 11 is 0. The van der Waals surface area contributed by atoms with Crippen molar-refractivity contribution in [1.82, 2.24) is 10.2 Å². The number of hydrogen-bond donors (Lipinski definition) is 1. The molecule has 2 atom stereocenters. The van der Waals surface area contributed by atoms with Gasteiger partial charge in [-0.3, -0.25) is 14.5 Å². The number of Topliss-reactive ketones (excluding diaryl/α,β-unsaturated/α-hetero) is 1. The third kappa shape index (κ3) is 5.63. The van der Waals surface area contributed by atoms with Crippen LogP contribution in [0.3, 0.4) is 0 Å². The van der Waals surface area contributed by atoms with E-state index in [0.29, 0.717) is 12.6 Å². The predicted octanol–water partition coefficient (Wildman–Crippen LogP) is 1.84. The van der Waals surface area contributed by atoms with Crippen LogP contribution in [0.4, 0.5) is 0 Å². The van der Waals surface area contributed by atoms with Gasteiger partial charge in [-0.15, -0.1) is 0 Å². The summed E-state index contributed by atoms with van der Waals surface area (Å²) in [6, 6.07) is 0.0173. The molecule has 0 aliphatic carbocycles. The molecule has 0 fully saturated rings. The second-order valence-corrected chi connectivity index (χ2v) is 5.22. The van der Waals surface area contributed by atoms with Gasteiger partial charge in [0, 0.05) is 6.04 Å². The van der Waals surface area contributed by atoms with Crippen molar-refractivity contribution < 1.29 is 9.59 Å². The Balaban J connectivity index is 4.43. The summed E-state index contributed by atoms with van der Waals surface area (Å²) in [7, 11) is 0. The number of nitrogens with zero attached hydrogens (tertiary/aromatic N) is 1. The van der Waals surface area contributed by atoms with E-state index in [0.717, 1.165) is 13.0 Å². The van der Waals surface area contributed by atoms with E-state index in [-0.39, 0.29) is 23.7 Å². The van der Waals surface area contributed by atoms with Crippen molar-refractivity contribution in [1.29, 1.82) is 0 Å². The van der Waals surface area contributed by atoms with Crippen LogP contribution in [-0.4, -0.2) is 41.8 Å². The number of carbonyl (C=O) groups is 2. The second kappa shape index (κ2) is 8.25. The number of rotatable bonds is 8. The van der Waals surface area contributed by atoms with E-state index >= 15 is 0 Å². The molecule has 0 radical (unpaired) electrons. The highest BCUT2D eigenvalue weighted by Gasteiger charge is 2.22. The van der Waals surface area contributed by atoms with E-state index in [1.165, 1.54) is 6.92 Å². The van der Waals surface area contributed by atoms with Gasteiger partial charge in [0.25, 0.3) is 0 Å². The Kier molecular flexibility index (Phi) is 7.83. The molecule has 1 amide bonds. The largest absolute Gasteiger partial charge is 0.345 e. The zero-order valence-corrected chi connectivity index (χ0v) is 12.6. The van der Waals surface area contributed by atoms with Crippen molar-refractivity contribution in [3.05, 3.63) is 0 Å². The van der Waals surface area contributed by atoms with Gasteiger partial charge in [0.1, 0.15) is 0 Å². The first-order chi connectivity index (χ1) is 8.33. The highest BCUT2D eigenvalue weighted by atomic mass is 16.2. The SMILES string of the molecule is CCC(C)N(CC)CC(=O)NC(C(C)=O)C(C)C. The lowest BCUT2D eigenvalue weighted by Gasteiger charge is -2.27. The third-order valence-corrected chi connectivity index (χ3v) is 3.39. The van der Waals surface area contributed by atoms with Crippen molar-refractivity contribution in [2.24, 2.45) is 5.92 Å². The van der Waals surface area contributed by atoms with Crippen molar-refractivity contribution >= 4 is 11.7 Å². The standard InChI is InChI=1S/C14H28N2O2/c1-7-11(5)16(8-2)9-13(18)15-14(10(3)4)12(6)17/h10-11,14H,7-9H2,1-6H3,(H,15,18). The molecular weight excluding hydrogens is 228 g/mol. The molecule has 18 heavy (non-hydrogen) atoms. The van der Waals surface area contributed by atoms with E-state index in [2.05, 4.69) is 24.1 Å². The van der Waals surface area contributed by atoms with Gasteiger partial charge in [-0.05, 0) is 32.7 Å². The highest BCUT2D eigenvalue weighted by Crippen LogP contribution is 2.05. The van der Waals surface area contributed by atoms with Crippen molar-refractivity contribution in [2.75, 3.05) is 13.1 Å². The molecule has 4 nitrogen and oxygen atoms in total. The molecule has 0 heterocycles. The normalized spacial score (nSPS) is 14.7. The fourth-order valence-electron chi connectivity index (χ4n) is 1.98. The van der Waals surface area contributed by atoms with Crippen LogP contribution in [0, 0.1) is 5.92 Å². The topological polar surface area (TPSA) is 49.4 Å². The molecular formula is C14H28N2O2. The number of nitrogens with one attached hydrogen (secondary N) is 1. The number of hydrogen-bond acceptors (Lipinski definition) is 3. The lowest BCUT2D eigenvalue weighted by molar-refractivity contribution is -0.128. The molecule has 4 heteroatoms. The maximum atomic E-state index is 11.9. The average molecular weight is 256 g/mol. The summed E-state index contributed by atoms with van der Waals surface area (Å²) in [5.74, 6) is 0.0844. The van der Waals surface area contributed by atoms with Crippen LogP contribution < -0.4 is 5.32 Å². The van der Waals surface area contributed by atoms with Crippen LogP contribution in [0.1, 0.15) is 48.0 Å². The van der Waals surface area contributed by atoms with Crippen LogP contribution in [0.25, 0.3) is 0 Å². The lowest BCUT2D eigenvalue weighted by atomic mass is 10.0. The van der Waals surface area contributed by atoms with Crippen molar-refractivity contribution in [3.63, 3.8) is 0 Å². The van der Waals surface area contributed by atoms with Gasteiger partial charge in [0.15, 0.2) is 5.78 Å². The summed E-state index contributed by atoms with van der Waals surface area (Å²) in [6.07, 6.45) is 1.02. The zero-order chi connectivity index (χ0) is 14.3. The maximum absolute atomic E-state index is 11.9. The first-order valence-corrected chi connectivity index (χ1v) is 6.87. The molecule has 0 aromatic carbocycles. The Bertz CT molecular complexity index is 277. The summed E-state index contributed by atoms with van der Waals surface area (Å²) < 4.78 is 0. The van der Waals surface area contributed by atoms with Crippen molar-refractivity contribution in [3.8, 4) is 0 Å². The Labute approximate surface area is 111 Å². The fourth-order valence-corrected chi connectivity index (χ4v) is 1.98. The molecule has 0 saturated carbocycles. The first kappa shape index (κ1) is 17.1. The predicted molar refractivity (Wildman–Crippen MR) is 74.4 cm³/mol. The summed E-state index contributed by atoms with van der Waals surface area (Å²) in [5, 5.41) is 2.83. The number of carbonyl (C=O) groups excluding carboxylic acids is 2. The molecule has 1 N–H and O–H groups in total. The monoisotopic (exact) mass is 256 g/mol. The smallest absolute Gasteiger partial charge is 0.234 e. The zero-order valence-electron chi connectivity index (χ0n) is 12.6. The van der Waals surface area contributed by atoms with Gasteiger partial charge < -0.3 is 5.32 Å². The molecule has 106 valence electrons. The van der Waals surface area contributed by atoms with Crippen molar-refractivity contribution in [2.45, 2.75) is 60.0 Å². The number of amides is 1. The quantitative estimate of drug-likeness (QED) is 0.721. The minimum absolute atomic E-state index is 0.0185. The Morgan fingerprint density at radius 3 is 2.06 bits per heavy atom. The summed E-state index contributed by atoms with van der Waals surface area (Å²) in [4.78, 5) is 25.5. The molecule has 0 aliphatic rings. The van der Waals surface area contributed by atoms with Gasteiger partial charge in [-0.1, -0.05) is 27.7 Å². The molecule has 0 aliphatic heterocycles. The molecule has 0 saturated heterocycles. The van der Waals surface area contributed by atoms with Gasteiger partial charge in [-0.25, -0.2) is 0 Å². The average Bonchev–Trinajstić information content (AvgIpc) is 2.31. The molecule has 0 bridgehead atoms. The van der Waals surface area contributed by atoms with E-state index < -0.39 is 0 Å². The van der Waals surface area contributed by atoms with Gasteiger partial charge >= 0.3 is 0 Å². The van der Waals surface area contributed by atoms with Crippen LogP contribution in [0.15, 0.2) is 0 Å². The van der Waals surface area contributed by atoms with E-state index in [9.17, 15) is 9.59 Å². The lowest BCUT2D eigenvalue weighted by Crippen LogP contribution is -2.48. The third-order valence-electron chi connectivity index (χ3n) is 3.39.